The van der Waals surface area contributed by atoms with Gasteiger partial charge < -0.3 is 13.6 Å². The number of nitrogens with zero attached hydrogens (tertiary/aromatic N) is 4. The van der Waals surface area contributed by atoms with Gasteiger partial charge in [-0.05, 0) is 95.8 Å². The highest BCUT2D eigenvalue weighted by Gasteiger charge is 2.15. The summed E-state index contributed by atoms with van der Waals surface area (Å²) in [6.07, 6.45) is 15.6. The maximum absolute atomic E-state index is 6.26. The molecule has 396 valence electrons. The molecule has 0 radical (unpaired) electrons. The van der Waals surface area contributed by atoms with Crippen molar-refractivity contribution in [2.45, 2.75) is 201 Å². The molecule has 6 aromatic carbocycles. The van der Waals surface area contributed by atoms with Crippen LogP contribution in [-0.2, 0) is 13.1 Å². The van der Waals surface area contributed by atoms with E-state index in [4.69, 9.17) is 4.42 Å². The summed E-state index contributed by atoms with van der Waals surface area (Å²) in [5.41, 5.74) is 11.8. The third kappa shape index (κ3) is 16.8. The van der Waals surface area contributed by atoms with Gasteiger partial charge in [0.15, 0.2) is 0 Å². The fourth-order valence-electron chi connectivity index (χ4n) is 9.12. The second-order valence-corrected chi connectivity index (χ2v) is 16.4. The lowest BCUT2D eigenvalue weighted by Gasteiger charge is -2.08. The van der Waals surface area contributed by atoms with Gasteiger partial charge >= 0.3 is 0 Å². The number of benzene rings is 6. The van der Waals surface area contributed by atoms with Crippen molar-refractivity contribution in [3.63, 3.8) is 0 Å². The Labute approximate surface area is 444 Å². The molecule has 3 heterocycles. The molecule has 0 fully saturated rings. The minimum atomic E-state index is 0.520. The summed E-state index contributed by atoms with van der Waals surface area (Å²) < 4.78 is 11.3. The van der Waals surface area contributed by atoms with E-state index in [1.807, 2.05) is 96.9 Å². The molecule has 5 heteroatoms. The van der Waals surface area contributed by atoms with E-state index >= 15 is 0 Å². The highest BCUT2D eigenvalue weighted by atomic mass is 16.4. The molecule has 9 rings (SSSR count). The molecule has 0 saturated carbocycles. The first-order valence-electron chi connectivity index (χ1n) is 29.3. The number of fused-ring (bicyclic) bond motifs is 6. The van der Waals surface area contributed by atoms with E-state index in [1.165, 1.54) is 143 Å². The van der Waals surface area contributed by atoms with Crippen LogP contribution in [0.2, 0.25) is 0 Å². The molecule has 5 nitrogen and oxygen atoms in total. The first-order valence-corrected chi connectivity index (χ1v) is 29.3. The maximum atomic E-state index is 6.26. The molecular formula is C68H98N4O. The van der Waals surface area contributed by atoms with E-state index in [2.05, 4.69) is 167 Å². The Bertz CT molecular complexity index is 2610. The van der Waals surface area contributed by atoms with Crippen LogP contribution in [0.4, 0.5) is 0 Å². The molecule has 0 amide bonds. The van der Waals surface area contributed by atoms with Gasteiger partial charge in [-0.3, -0.25) is 0 Å². The molecule has 0 aliphatic heterocycles. The lowest BCUT2D eigenvalue weighted by atomic mass is 10.0. The van der Waals surface area contributed by atoms with E-state index in [1.54, 1.807) is 0 Å². The Morgan fingerprint density at radius 1 is 0.301 bits per heavy atom. The molecule has 3 aromatic heterocycles. The van der Waals surface area contributed by atoms with Gasteiger partial charge in [-0.25, -0.2) is 0 Å². The fourth-order valence-corrected chi connectivity index (χ4v) is 9.12. The first kappa shape index (κ1) is 63.2. The van der Waals surface area contributed by atoms with Crippen LogP contribution >= 0.6 is 0 Å². The van der Waals surface area contributed by atoms with Crippen molar-refractivity contribution in [2.24, 2.45) is 0 Å². The normalized spacial score (nSPS) is 10.1. The number of aryl methyl sites for hydroxylation is 2. The van der Waals surface area contributed by atoms with Crippen molar-refractivity contribution in [2.75, 3.05) is 0 Å². The van der Waals surface area contributed by atoms with Gasteiger partial charge in [0.1, 0.15) is 0 Å². The average Bonchev–Trinajstić information content (AvgIpc) is 4.20. The molecule has 0 saturated heterocycles. The van der Waals surface area contributed by atoms with E-state index < -0.39 is 0 Å². The monoisotopic (exact) mass is 987 g/mol. The highest BCUT2D eigenvalue weighted by molar-refractivity contribution is 6.10. The topological polar surface area (TPSA) is 48.8 Å². The van der Waals surface area contributed by atoms with Crippen molar-refractivity contribution in [3.8, 4) is 45.2 Å². The van der Waals surface area contributed by atoms with Crippen molar-refractivity contribution >= 4 is 43.6 Å². The molecule has 0 unspecified atom stereocenters. The van der Waals surface area contributed by atoms with Crippen LogP contribution in [-0.4, -0.2) is 19.3 Å². The van der Waals surface area contributed by atoms with Crippen molar-refractivity contribution < 1.29 is 4.42 Å². The van der Waals surface area contributed by atoms with Gasteiger partial charge in [-0.15, -0.1) is 10.2 Å². The third-order valence-corrected chi connectivity index (χ3v) is 12.4. The lowest BCUT2D eigenvalue weighted by Crippen LogP contribution is -1.97. The maximum Gasteiger partial charge on any atom is 0.248 e. The molecule has 0 atom stereocenters. The van der Waals surface area contributed by atoms with E-state index in [0.29, 0.717) is 11.8 Å². The lowest BCUT2D eigenvalue weighted by molar-refractivity contribution is 0.571. The number of para-hydroxylation sites is 2. The van der Waals surface area contributed by atoms with Crippen LogP contribution in [0.1, 0.15) is 188 Å². The molecule has 0 bridgehead atoms. The molecule has 73 heavy (non-hydrogen) atoms. The van der Waals surface area contributed by atoms with Gasteiger partial charge in [0, 0.05) is 67.8 Å². The molecule has 0 N–H and O–H groups in total. The Morgan fingerprint density at radius 2 is 0.589 bits per heavy atom. The molecule has 9 aromatic rings. The van der Waals surface area contributed by atoms with E-state index in [-0.39, 0.29) is 0 Å². The predicted octanol–water partition coefficient (Wildman–Crippen LogP) is 22.9. The quantitative estimate of drug-likeness (QED) is 0.0805. The first-order chi connectivity index (χ1) is 36.2. The summed E-state index contributed by atoms with van der Waals surface area (Å²) in [7, 11) is 0. The van der Waals surface area contributed by atoms with Gasteiger partial charge in [-0.2, -0.15) is 0 Å². The summed E-state index contributed by atoms with van der Waals surface area (Å²) in [5.74, 6) is 1.04. The predicted molar refractivity (Wildman–Crippen MR) is 328 cm³/mol. The molecule has 0 aliphatic carbocycles. The molecule has 0 aliphatic rings. The van der Waals surface area contributed by atoms with Crippen molar-refractivity contribution in [1.29, 1.82) is 0 Å². The van der Waals surface area contributed by atoms with Gasteiger partial charge in [-0.1, -0.05) is 248 Å². The van der Waals surface area contributed by atoms with Crippen LogP contribution in [0, 0.1) is 0 Å². The summed E-state index contributed by atoms with van der Waals surface area (Å²) in [6.45, 7) is 34.7. The smallest absolute Gasteiger partial charge is 0.248 e. The van der Waals surface area contributed by atoms with E-state index in [0.717, 1.165) is 24.2 Å². The zero-order valence-corrected chi connectivity index (χ0v) is 48.8. The van der Waals surface area contributed by atoms with Crippen molar-refractivity contribution in [1.82, 2.24) is 19.3 Å². The number of hydrogen-bond acceptors (Lipinski definition) is 3. The van der Waals surface area contributed by atoms with Crippen LogP contribution in [0.5, 0.6) is 0 Å². The van der Waals surface area contributed by atoms with Crippen LogP contribution in [0.3, 0.4) is 0 Å². The summed E-state index contributed by atoms with van der Waals surface area (Å²) in [6, 6.07) is 48.5. The number of aromatic nitrogens is 4. The Balaban J connectivity index is 0.00000120. The largest absolute Gasteiger partial charge is 0.416 e. The highest BCUT2D eigenvalue weighted by Crippen LogP contribution is 2.36. The van der Waals surface area contributed by atoms with Gasteiger partial charge in [0.2, 0.25) is 11.8 Å². The second kappa shape index (κ2) is 36.9. The summed E-state index contributed by atoms with van der Waals surface area (Å²) >= 11 is 0. The van der Waals surface area contributed by atoms with Crippen molar-refractivity contribution in [3.05, 3.63) is 133 Å². The summed E-state index contributed by atoms with van der Waals surface area (Å²) in [5, 5.41) is 14.2. The number of hydrogen-bond donors (Lipinski definition) is 0. The van der Waals surface area contributed by atoms with Crippen LogP contribution < -0.4 is 0 Å². The van der Waals surface area contributed by atoms with E-state index in [9.17, 15) is 0 Å². The van der Waals surface area contributed by atoms with Crippen LogP contribution in [0.15, 0.2) is 138 Å². The minimum Gasteiger partial charge on any atom is -0.416 e. The molecule has 0 spiro atoms. The Kier molecular flexibility index (Phi) is 31.9. The fraction of sp³-hybridized carbons (Fsp3) is 0.441. The average molecular weight is 988 g/mol. The minimum absolute atomic E-state index is 0.520. The summed E-state index contributed by atoms with van der Waals surface area (Å²) in [4.78, 5) is 0. The number of rotatable bonds is 18. The van der Waals surface area contributed by atoms with Gasteiger partial charge in [0.25, 0.3) is 0 Å². The standard InChI is InChI=1S/C54H56N4O.7C2H6/c1-3-5-7-9-11-17-35-57-49-21-15-13-19-45(49)47-37-43(31-33-51(47)57)39-23-27-41(28-24-39)53-55-56-54(59-53)42-29-25-40(26-30-42)44-32-34-52-48(38-44)46-20-14-16-22-50(46)58(52)36-18-12-10-8-6-4-2;7*1-2/h13-16,19-34,37-38H,3-12,17-18,35-36H2,1-2H3;7*1-2H3. The van der Waals surface area contributed by atoms with Crippen LogP contribution in [0.25, 0.3) is 88.8 Å². The Morgan fingerprint density at radius 3 is 0.945 bits per heavy atom. The number of unbranched alkanes of at least 4 members (excludes halogenated alkanes) is 10. The second-order valence-electron chi connectivity index (χ2n) is 16.4. The SMILES string of the molecule is CC.CC.CC.CC.CC.CC.CC.CCCCCCCCn1c2ccccc2c2cc(-c3ccc(-c4nnc(-c5ccc(-c6ccc7c(c6)c6ccccc6n7CCCCCCCC)cc5)o4)cc3)ccc21. The zero-order valence-electron chi connectivity index (χ0n) is 48.8. The Hall–Kier alpha value is -5.94. The zero-order chi connectivity index (χ0) is 54.0. The third-order valence-electron chi connectivity index (χ3n) is 12.4. The van der Waals surface area contributed by atoms with Gasteiger partial charge in [0.05, 0.1) is 0 Å². The molecular weight excluding hydrogens is 889 g/mol.